The summed E-state index contributed by atoms with van der Waals surface area (Å²) in [5, 5.41) is 6.43. The van der Waals surface area contributed by atoms with Crippen molar-refractivity contribution in [1.82, 2.24) is 15.2 Å². The summed E-state index contributed by atoms with van der Waals surface area (Å²) < 4.78 is 12.9. The van der Waals surface area contributed by atoms with Crippen LogP contribution in [0.2, 0.25) is 0 Å². The highest BCUT2D eigenvalue weighted by Gasteiger charge is 2.45. The van der Waals surface area contributed by atoms with E-state index in [-0.39, 0.29) is 35.6 Å². The van der Waals surface area contributed by atoms with Crippen molar-refractivity contribution in [3.63, 3.8) is 0 Å². The number of anilines is 2. The summed E-state index contributed by atoms with van der Waals surface area (Å²) in [6.07, 6.45) is -0.190. The van der Waals surface area contributed by atoms with Gasteiger partial charge in [0.15, 0.2) is 12.2 Å². The first-order valence-corrected chi connectivity index (χ1v) is 15.2. The van der Waals surface area contributed by atoms with Crippen molar-refractivity contribution in [2.45, 2.75) is 32.9 Å². The monoisotopic (exact) mass is 629 g/mol. The van der Waals surface area contributed by atoms with E-state index in [0.717, 1.165) is 20.8 Å². The second kappa shape index (κ2) is 12.0. The van der Waals surface area contributed by atoms with Crippen LogP contribution in [-0.2, 0) is 23.2 Å². The minimum atomic E-state index is -0.950. The Balaban J connectivity index is 1.21. The summed E-state index contributed by atoms with van der Waals surface area (Å²) >= 11 is 7.34. The molecule has 1 unspecified atom stereocenters. The van der Waals surface area contributed by atoms with Crippen LogP contribution in [0.3, 0.4) is 0 Å². The summed E-state index contributed by atoms with van der Waals surface area (Å²) in [5.74, 6) is -0.0977. The Morgan fingerprint density at radius 1 is 1.14 bits per heavy atom. The molecule has 2 N–H and O–H groups in total. The van der Waals surface area contributed by atoms with Gasteiger partial charge >= 0.3 is 11.3 Å². The van der Waals surface area contributed by atoms with Crippen LogP contribution in [0, 0.1) is 6.92 Å². The average molecular weight is 630 g/mol. The molecule has 1 aliphatic rings. The third-order valence-corrected chi connectivity index (χ3v) is 8.78. The number of rotatable bonds is 9. The largest absolute Gasteiger partial charge is 0.494 e. The van der Waals surface area contributed by atoms with Crippen LogP contribution in [-0.4, -0.2) is 44.7 Å². The quantitative estimate of drug-likeness (QED) is 0.183. The number of ether oxygens (including phenoxy) is 1. The van der Waals surface area contributed by atoms with E-state index in [1.165, 1.54) is 15.1 Å². The number of hydrogen-bond acceptors (Lipinski definition) is 8. The van der Waals surface area contributed by atoms with Crippen molar-refractivity contribution >= 4 is 62.1 Å². The van der Waals surface area contributed by atoms with Crippen molar-refractivity contribution in [2.75, 3.05) is 16.8 Å². The van der Waals surface area contributed by atoms with E-state index in [9.17, 15) is 14.4 Å². The number of hydrogen-bond donors (Lipinski definition) is 2. The molecule has 1 saturated heterocycles. The second-order valence-electron chi connectivity index (χ2n) is 10.3. The maximum atomic E-state index is 13.8. The fourth-order valence-electron chi connectivity index (χ4n) is 5.04. The zero-order chi connectivity index (χ0) is 31.0. The number of nitrogens with zero attached hydrogens (tertiary/aromatic N) is 4. The van der Waals surface area contributed by atoms with Crippen LogP contribution >= 0.6 is 23.6 Å². The lowest BCUT2D eigenvalue weighted by Gasteiger charge is -2.21. The Morgan fingerprint density at radius 3 is 2.57 bits per heavy atom. The Labute approximate surface area is 261 Å². The molecule has 5 aromatic rings. The molecule has 1 atom stereocenters. The molecule has 3 heterocycles. The first kappa shape index (κ1) is 29.2. The van der Waals surface area contributed by atoms with Crippen LogP contribution < -0.4 is 25.3 Å². The summed E-state index contributed by atoms with van der Waals surface area (Å²) in [6, 6.07) is 19.6. The molecule has 44 heavy (non-hydrogen) atoms. The van der Waals surface area contributed by atoms with Gasteiger partial charge < -0.3 is 15.0 Å². The molecule has 2 amide bonds. The van der Waals surface area contributed by atoms with Crippen LogP contribution in [0.15, 0.2) is 76.0 Å². The lowest BCUT2D eigenvalue weighted by Crippen LogP contribution is -2.44. The molecule has 0 radical (unpaired) electrons. The summed E-state index contributed by atoms with van der Waals surface area (Å²) in [6.45, 7) is 4.41. The summed E-state index contributed by atoms with van der Waals surface area (Å²) in [5.41, 5.74) is 3.83. The fraction of sp³-hybridized carbons (Fsp3) is 0.226. The zero-order valence-corrected chi connectivity index (χ0v) is 25.8. The topological polar surface area (TPSA) is 125 Å². The van der Waals surface area contributed by atoms with Gasteiger partial charge in [0.25, 0.3) is 5.91 Å². The molecule has 0 bridgehead atoms. The van der Waals surface area contributed by atoms with Gasteiger partial charge in [-0.1, -0.05) is 10.7 Å². The normalized spacial score (nSPS) is 14.9. The first-order chi connectivity index (χ1) is 21.2. The standard InChI is InChI=1S/C31H28N6O5S2/c1-4-41-22-12-10-21(11-13-22)37-29(39)24(36(31(37)43)17-25-30(40)42-34-35(25)3)16-27(38)32-20-8-6-19(7-9-20)28-33-23-14-5-18(2)15-26(23)44-28/h5-15,24H,4,16-17H2,1-3H3,(H-,32,33,34,38,40)/p+1. The van der Waals surface area contributed by atoms with E-state index in [4.69, 9.17) is 26.5 Å². The van der Waals surface area contributed by atoms with Crippen molar-refractivity contribution < 1.29 is 23.5 Å². The summed E-state index contributed by atoms with van der Waals surface area (Å²) in [7, 11) is 1.62. The van der Waals surface area contributed by atoms with Gasteiger partial charge in [-0.25, -0.2) is 9.78 Å². The van der Waals surface area contributed by atoms with Gasteiger partial charge in [0.2, 0.25) is 5.91 Å². The molecule has 0 saturated carbocycles. The predicted molar refractivity (Wildman–Crippen MR) is 171 cm³/mol. The molecule has 13 heteroatoms. The van der Waals surface area contributed by atoms with Crippen molar-refractivity contribution in [3.8, 4) is 16.3 Å². The molecule has 1 fully saturated rings. The van der Waals surface area contributed by atoms with Crippen LogP contribution in [0.25, 0.3) is 20.8 Å². The number of aryl methyl sites for hydroxylation is 2. The van der Waals surface area contributed by atoms with Crippen molar-refractivity contribution in [1.29, 1.82) is 0 Å². The molecule has 224 valence electrons. The molecular weight excluding hydrogens is 601 g/mol. The number of H-pyrrole nitrogens is 1. The van der Waals surface area contributed by atoms with E-state index in [1.807, 2.05) is 31.2 Å². The van der Waals surface area contributed by atoms with Gasteiger partial charge in [0.05, 0.1) is 28.9 Å². The lowest BCUT2D eigenvalue weighted by atomic mass is 10.1. The number of thiazole rings is 1. The molecule has 1 aliphatic heterocycles. The van der Waals surface area contributed by atoms with Gasteiger partial charge in [-0.15, -0.1) is 11.3 Å². The minimum Gasteiger partial charge on any atom is -0.494 e. The molecule has 2 aromatic heterocycles. The van der Waals surface area contributed by atoms with Gasteiger partial charge in [-0.3, -0.25) is 19.0 Å². The molecule has 0 aliphatic carbocycles. The molecule has 11 nitrogen and oxygen atoms in total. The van der Waals surface area contributed by atoms with Crippen molar-refractivity contribution in [3.05, 3.63) is 88.4 Å². The Kier molecular flexibility index (Phi) is 7.97. The average Bonchev–Trinajstić information content (AvgIpc) is 3.64. The molecule has 6 rings (SSSR count). The van der Waals surface area contributed by atoms with E-state index < -0.39 is 11.7 Å². The minimum absolute atomic E-state index is 0.0330. The molecule has 3 aromatic carbocycles. The number of benzene rings is 3. The highest BCUT2D eigenvalue weighted by Crippen LogP contribution is 2.32. The maximum Gasteiger partial charge on any atom is 0.431 e. The zero-order valence-electron chi connectivity index (χ0n) is 24.2. The Morgan fingerprint density at radius 2 is 1.89 bits per heavy atom. The van der Waals surface area contributed by atoms with E-state index in [0.29, 0.717) is 23.7 Å². The highest BCUT2D eigenvalue weighted by molar-refractivity contribution is 7.80. The molecular formula is C31H29N6O5S2+. The Hall–Kier alpha value is -4.88. The van der Waals surface area contributed by atoms with Gasteiger partial charge in [-0.05, 0) is 97.6 Å². The second-order valence-corrected chi connectivity index (χ2v) is 11.7. The number of fused-ring (bicyclic) bond motifs is 1. The fourth-order valence-corrected chi connectivity index (χ4v) is 6.50. The number of carbonyl (C=O) groups excluding carboxylic acids is 2. The van der Waals surface area contributed by atoms with E-state index >= 15 is 0 Å². The number of aromatic amines is 1. The SMILES string of the molecule is CCOc1ccc(N2C(=O)C(CC(=O)Nc3ccc(-c4nc5ccc(C)cc5s4)cc3)N(Cc3c(=O)o[nH][n+]3C)C2=S)cc1. The number of thiocarbonyl (C=S) groups is 1. The lowest BCUT2D eigenvalue weighted by molar-refractivity contribution is -0.746. The maximum absolute atomic E-state index is 13.8. The van der Waals surface area contributed by atoms with Crippen LogP contribution in [0.1, 0.15) is 24.6 Å². The predicted octanol–water partition coefficient (Wildman–Crippen LogP) is 4.31. The van der Waals surface area contributed by atoms with E-state index in [1.54, 1.807) is 59.7 Å². The molecule has 0 spiro atoms. The first-order valence-electron chi connectivity index (χ1n) is 13.9. The van der Waals surface area contributed by atoms with Gasteiger partial charge in [-0.2, -0.15) is 0 Å². The third-order valence-electron chi connectivity index (χ3n) is 7.30. The Bertz CT molecular complexity index is 1930. The summed E-state index contributed by atoms with van der Waals surface area (Å²) in [4.78, 5) is 47.1. The number of aromatic nitrogens is 3. The van der Waals surface area contributed by atoms with E-state index in [2.05, 4.69) is 23.6 Å². The smallest absolute Gasteiger partial charge is 0.431 e. The van der Waals surface area contributed by atoms with Gasteiger partial charge in [0.1, 0.15) is 23.3 Å². The third kappa shape index (κ3) is 5.71. The number of amides is 2. The highest BCUT2D eigenvalue weighted by atomic mass is 32.1. The van der Waals surface area contributed by atoms with Gasteiger partial charge in [0, 0.05) is 11.3 Å². The van der Waals surface area contributed by atoms with Crippen LogP contribution in [0.5, 0.6) is 5.75 Å². The van der Waals surface area contributed by atoms with Crippen LogP contribution in [0.4, 0.5) is 11.4 Å². The number of nitrogens with one attached hydrogen (secondary N) is 2. The van der Waals surface area contributed by atoms with Crippen molar-refractivity contribution in [2.24, 2.45) is 7.05 Å². The number of carbonyl (C=O) groups is 2.